The van der Waals surface area contributed by atoms with E-state index in [0.29, 0.717) is 11.7 Å². The minimum Gasteiger partial charge on any atom is -0.299 e. The SMILES string of the molecule is CCC(C)(C)C(=O)C1CCCC1. The molecule has 1 aliphatic rings. The zero-order chi connectivity index (χ0) is 9.19. The zero-order valence-electron chi connectivity index (χ0n) is 8.52. The normalized spacial score (nSPS) is 19.9. The molecule has 0 aromatic rings. The third-order valence-electron chi connectivity index (χ3n) is 3.28. The summed E-state index contributed by atoms with van der Waals surface area (Å²) >= 11 is 0. The van der Waals surface area contributed by atoms with Crippen molar-refractivity contribution < 1.29 is 4.79 Å². The molecule has 1 aliphatic carbocycles. The molecular weight excluding hydrogens is 148 g/mol. The Morgan fingerprint density at radius 2 is 1.83 bits per heavy atom. The summed E-state index contributed by atoms with van der Waals surface area (Å²) in [6.45, 7) is 6.26. The van der Waals surface area contributed by atoms with Crippen LogP contribution in [0.4, 0.5) is 0 Å². The first kappa shape index (κ1) is 9.76. The molecule has 0 saturated heterocycles. The first-order valence-electron chi connectivity index (χ1n) is 5.12. The maximum Gasteiger partial charge on any atom is 0.141 e. The van der Waals surface area contributed by atoms with Crippen LogP contribution in [0.25, 0.3) is 0 Å². The Bertz CT molecular complexity index is 164. The molecular formula is C11H20O. The van der Waals surface area contributed by atoms with Gasteiger partial charge in [0.05, 0.1) is 0 Å². The summed E-state index contributed by atoms with van der Waals surface area (Å²) in [5, 5.41) is 0. The predicted octanol–water partition coefficient (Wildman–Crippen LogP) is 3.18. The van der Waals surface area contributed by atoms with Crippen LogP contribution in [0.2, 0.25) is 0 Å². The molecule has 0 N–H and O–H groups in total. The molecule has 1 rings (SSSR count). The van der Waals surface area contributed by atoms with Crippen LogP contribution in [0.1, 0.15) is 52.9 Å². The quantitative estimate of drug-likeness (QED) is 0.632. The van der Waals surface area contributed by atoms with E-state index in [1.807, 2.05) is 0 Å². The molecule has 1 heteroatoms. The average Bonchev–Trinajstić information content (AvgIpc) is 2.55. The van der Waals surface area contributed by atoms with Crippen LogP contribution in [-0.4, -0.2) is 5.78 Å². The van der Waals surface area contributed by atoms with Crippen molar-refractivity contribution in [1.29, 1.82) is 0 Å². The lowest BCUT2D eigenvalue weighted by Crippen LogP contribution is -2.28. The zero-order valence-corrected chi connectivity index (χ0v) is 8.52. The van der Waals surface area contributed by atoms with E-state index in [1.54, 1.807) is 0 Å². The summed E-state index contributed by atoms with van der Waals surface area (Å²) in [6, 6.07) is 0. The molecule has 0 aliphatic heterocycles. The van der Waals surface area contributed by atoms with Gasteiger partial charge in [0.1, 0.15) is 5.78 Å². The van der Waals surface area contributed by atoms with E-state index in [4.69, 9.17) is 0 Å². The number of carbonyl (C=O) groups is 1. The predicted molar refractivity (Wildman–Crippen MR) is 51.0 cm³/mol. The molecule has 0 amide bonds. The van der Waals surface area contributed by atoms with Gasteiger partial charge in [0.2, 0.25) is 0 Å². The summed E-state index contributed by atoms with van der Waals surface area (Å²) < 4.78 is 0. The number of ketones is 1. The Morgan fingerprint density at radius 3 is 2.25 bits per heavy atom. The van der Waals surface area contributed by atoms with Crippen LogP contribution in [0.5, 0.6) is 0 Å². The highest BCUT2D eigenvalue weighted by Crippen LogP contribution is 2.33. The van der Waals surface area contributed by atoms with Gasteiger partial charge in [0.25, 0.3) is 0 Å². The maximum absolute atomic E-state index is 11.9. The first-order valence-corrected chi connectivity index (χ1v) is 5.12. The van der Waals surface area contributed by atoms with Crippen molar-refractivity contribution in [3.63, 3.8) is 0 Å². The molecule has 0 bridgehead atoms. The van der Waals surface area contributed by atoms with Crippen molar-refractivity contribution in [1.82, 2.24) is 0 Å². The molecule has 0 spiro atoms. The van der Waals surface area contributed by atoms with Crippen molar-refractivity contribution >= 4 is 5.78 Å². The van der Waals surface area contributed by atoms with Gasteiger partial charge in [-0.3, -0.25) is 4.79 Å². The Balaban J connectivity index is 2.56. The molecule has 0 unspecified atom stereocenters. The van der Waals surface area contributed by atoms with Gasteiger partial charge in [0, 0.05) is 11.3 Å². The fourth-order valence-corrected chi connectivity index (χ4v) is 1.91. The van der Waals surface area contributed by atoms with Gasteiger partial charge >= 0.3 is 0 Å². The minimum atomic E-state index is -0.0744. The van der Waals surface area contributed by atoms with Crippen molar-refractivity contribution in [3.8, 4) is 0 Å². The summed E-state index contributed by atoms with van der Waals surface area (Å²) in [5.74, 6) is 0.891. The number of carbonyl (C=O) groups excluding carboxylic acids is 1. The van der Waals surface area contributed by atoms with Gasteiger partial charge in [-0.1, -0.05) is 33.6 Å². The first-order chi connectivity index (χ1) is 5.58. The highest BCUT2D eigenvalue weighted by atomic mass is 16.1. The third kappa shape index (κ3) is 1.88. The van der Waals surface area contributed by atoms with Gasteiger partial charge in [-0.25, -0.2) is 0 Å². The van der Waals surface area contributed by atoms with E-state index in [0.717, 1.165) is 19.3 Å². The van der Waals surface area contributed by atoms with Crippen LogP contribution in [-0.2, 0) is 4.79 Å². The summed E-state index contributed by atoms with van der Waals surface area (Å²) in [6.07, 6.45) is 5.78. The van der Waals surface area contributed by atoms with Crippen molar-refractivity contribution in [2.24, 2.45) is 11.3 Å². The van der Waals surface area contributed by atoms with Crippen LogP contribution >= 0.6 is 0 Å². The van der Waals surface area contributed by atoms with Gasteiger partial charge < -0.3 is 0 Å². The van der Waals surface area contributed by atoms with E-state index in [2.05, 4.69) is 20.8 Å². The van der Waals surface area contributed by atoms with E-state index < -0.39 is 0 Å². The lowest BCUT2D eigenvalue weighted by atomic mass is 9.78. The topological polar surface area (TPSA) is 17.1 Å². The third-order valence-corrected chi connectivity index (χ3v) is 3.28. The largest absolute Gasteiger partial charge is 0.299 e. The van der Waals surface area contributed by atoms with E-state index in [-0.39, 0.29) is 5.41 Å². The van der Waals surface area contributed by atoms with Gasteiger partial charge in [-0.2, -0.15) is 0 Å². The van der Waals surface area contributed by atoms with Gasteiger partial charge in [-0.15, -0.1) is 0 Å². The van der Waals surface area contributed by atoms with Crippen molar-refractivity contribution in [2.75, 3.05) is 0 Å². The molecule has 1 fully saturated rings. The minimum absolute atomic E-state index is 0.0744. The number of rotatable bonds is 3. The number of Topliss-reactive ketones (excluding diaryl/α,β-unsaturated/α-hetero) is 1. The summed E-state index contributed by atoms with van der Waals surface area (Å²) in [5.41, 5.74) is -0.0744. The molecule has 1 saturated carbocycles. The standard InChI is InChI=1S/C11H20O/c1-4-11(2,3)10(12)9-7-5-6-8-9/h9H,4-8H2,1-3H3. The van der Waals surface area contributed by atoms with E-state index >= 15 is 0 Å². The monoisotopic (exact) mass is 168 g/mol. The second-order valence-electron chi connectivity index (χ2n) is 4.58. The van der Waals surface area contributed by atoms with E-state index in [9.17, 15) is 4.79 Å². The van der Waals surface area contributed by atoms with Crippen LogP contribution in [0, 0.1) is 11.3 Å². The molecule has 12 heavy (non-hydrogen) atoms. The Hall–Kier alpha value is -0.330. The second kappa shape index (κ2) is 3.59. The van der Waals surface area contributed by atoms with Crippen LogP contribution < -0.4 is 0 Å². The fraction of sp³-hybridized carbons (Fsp3) is 0.909. The van der Waals surface area contributed by atoms with Crippen LogP contribution in [0.3, 0.4) is 0 Å². The molecule has 0 radical (unpaired) electrons. The Labute approximate surface area is 75.5 Å². The second-order valence-corrected chi connectivity index (χ2v) is 4.58. The number of hydrogen-bond acceptors (Lipinski definition) is 1. The van der Waals surface area contributed by atoms with Crippen molar-refractivity contribution in [2.45, 2.75) is 52.9 Å². The lowest BCUT2D eigenvalue weighted by molar-refractivity contribution is -0.131. The number of hydrogen-bond donors (Lipinski definition) is 0. The van der Waals surface area contributed by atoms with Gasteiger partial charge in [0.15, 0.2) is 0 Å². The highest BCUT2D eigenvalue weighted by molar-refractivity contribution is 5.86. The average molecular weight is 168 g/mol. The lowest BCUT2D eigenvalue weighted by Gasteiger charge is -2.24. The highest BCUT2D eigenvalue weighted by Gasteiger charge is 2.33. The van der Waals surface area contributed by atoms with Gasteiger partial charge in [-0.05, 0) is 19.3 Å². The Morgan fingerprint density at radius 1 is 1.33 bits per heavy atom. The summed E-state index contributed by atoms with van der Waals surface area (Å²) in [4.78, 5) is 11.9. The Kier molecular flexibility index (Phi) is 2.92. The molecule has 0 aromatic carbocycles. The van der Waals surface area contributed by atoms with Crippen LogP contribution in [0.15, 0.2) is 0 Å². The molecule has 1 nitrogen and oxygen atoms in total. The van der Waals surface area contributed by atoms with E-state index in [1.165, 1.54) is 12.8 Å². The molecule has 0 heterocycles. The molecule has 0 aromatic heterocycles. The smallest absolute Gasteiger partial charge is 0.141 e. The van der Waals surface area contributed by atoms with Crippen molar-refractivity contribution in [3.05, 3.63) is 0 Å². The molecule has 70 valence electrons. The summed E-state index contributed by atoms with van der Waals surface area (Å²) in [7, 11) is 0. The fourth-order valence-electron chi connectivity index (χ4n) is 1.91. The molecule has 0 atom stereocenters. The maximum atomic E-state index is 11.9.